The van der Waals surface area contributed by atoms with Crippen molar-refractivity contribution in [2.75, 3.05) is 13.1 Å². The van der Waals surface area contributed by atoms with Crippen LogP contribution in [0.1, 0.15) is 61.0 Å². The van der Waals surface area contributed by atoms with Crippen LogP contribution in [0.15, 0.2) is 35.0 Å². The number of rotatable bonds is 6. The molecule has 4 aromatic rings. The lowest BCUT2D eigenvalue weighted by Crippen LogP contribution is -2.27. The van der Waals surface area contributed by atoms with E-state index < -0.39 is 0 Å². The number of fused-ring (bicyclic) bond motifs is 1. The van der Waals surface area contributed by atoms with Gasteiger partial charge in [0.2, 0.25) is 11.7 Å². The highest BCUT2D eigenvalue weighted by Gasteiger charge is 2.25. The number of hydrogen-bond acceptors (Lipinski definition) is 9. The first kappa shape index (κ1) is 22.9. The Morgan fingerprint density at radius 1 is 1.17 bits per heavy atom. The summed E-state index contributed by atoms with van der Waals surface area (Å²) < 4.78 is 12.7. The largest absolute Gasteiger partial charge is 0.470 e. The van der Waals surface area contributed by atoms with Crippen molar-refractivity contribution in [3.05, 3.63) is 53.0 Å². The van der Waals surface area contributed by atoms with Gasteiger partial charge in [-0.15, -0.1) is 15.3 Å². The van der Waals surface area contributed by atoms with Gasteiger partial charge in [0.25, 0.3) is 5.91 Å². The maximum Gasteiger partial charge on any atom is 0.255 e. The third-order valence-corrected chi connectivity index (χ3v) is 5.93. The minimum absolute atomic E-state index is 0.0157. The monoisotopic (exact) mass is 477 g/mol. The van der Waals surface area contributed by atoms with Gasteiger partial charge in [-0.2, -0.15) is 4.52 Å². The van der Waals surface area contributed by atoms with Crippen molar-refractivity contribution in [3.8, 4) is 17.4 Å². The van der Waals surface area contributed by atoms with Crippen molar-refractivity contribution in [2.24, 2.45) is 0 Å². The highest BCUT2D eigenvalue weighted by atomic mass is 16.5. The predicted molar refractivity (Wildman–Crippen MR) is 125 cm³/mol. The SMILES string of the molecule is CC(C)(C)c1cc2nnc(-c3cc(CO)on3)n2nc1OCc1ccc(C(=O)N2CCCC2)cn1. The maximum absolute atomic E-state index is 12.6. The van der Waals surface area contributed by atoms with Gasteiger partial charge in [0, 0.05) is 30.9 Å². The molecule has 1 aliphatic heterocycles. The van der Waals surface area contributed by atoms with Crippen LogP contribution in [-0.2, 0) is 18.6 Å². The summed E-state index contributed by atoms with van der Waals surface area (Å²) in [5.74, 6) is 1.12. The van der Waals surface area contributed by atoms with E-state index in [2.05, 4.69) is 46.2 Å². The Labute approximate surface area is 201 Å². The molecule has 1 N–H and O–H groups in total. The van der Waals surface area contributed by atoms with Crippen LogP contribution in [0.4, 0.5) is 0 Å². The van der Waals surface area contributed by atoms with Gasteiger partial charge < -0.3 is 19.3 Å². The molecule has 1 saturated heterocycles. The third-order valence-electron chi connectivity index (χ3n) is 5.93. The fourth-order valence-corrected chi connectivity index (χ4v) is 3.99. The van der Waals surface area contributed by atoms with E-state index in [0.29, 0.717) is 40.1 Å². The lowest BCUT2D eigenvalue weighted by Gasteiger charge is -2.21. The van der Waals surface area contributed by atoms with Crippen LogP contribution < -0.4 is 4.74 Å². The van der Waals surface area contributed by atoms with Gasteiger partial charge in [-0.25, -0.2) is 0 Å². The lowest BCUT2D eigenvalue weighted by molar-refractivity contribution is 0.0792. The highest BCUT2D eigenvalue weighted by molar-refractivity contribution is 5.94. The molecule has 4 aromatic heterocycles. The zero-order valence-corrected chi connectivity index (χ0v) is 19.9. The summed E-state index contributed by atoms with van der Waals surface area (Å²) in [6.07, 6.45) is 3.69. The Morgan fingerprint density at radius 2 is 1.97 bits per heavy atom. The molecule has 1 amide bonds. The second-order valence-corrected chi connectivity index (χ2v) is 9.57. The van der Waals surface area contributed by atoms with E-state index in [9.17, 15) is 9.90 Å². The summed E-state index contributed by atoms with van der Waals surface area (Å²) in [7, 11) is 0. The predicted octanol–water partition coefficient (Wildman–Crippen LogP) is 2.78. The molecule has 11 heteroatoms. The van der Waals surface area contributed by atoms with Crippen molar-refractivity contribution in [2.45, 2.75) is 52.2 Å². The summed E-state index contributed by atoms with van der Waals surface area (Å²) in [5.41, 5.74) is 2.79. The van der Waals surface area contributed by atoms with Crippen LogP contribution in [0.3, 0.4) is 0 Å². The smallest absolute Gasteiger partial charge is 0.255 e. The van der Waals surface area contributed by atoms with Crippen molar-refractivity contribution in [1.29, 1.82) is 0 Å². The zero-order valence-electron chi connectivity index (χ0n) is 19.9. The average molecular weight is 478 g/mol. The number of pyridine rings is 1. The molecule has 0 aromatic carbocycles. The van der Waals surface area contributed by atoms with Gasteiger partial charge in [-0.1, -0.05) is 25.9 Å². The first-order chi connectivity index (χ1) is 16.8. The lowest BCUT2D eigenvalue weighted by atomic mass is 9.88. The summed E-state index contributed by atoms with van der Waals surface area (Å²) in [4.78, 5) is 18.9. The average Bonchev–Trinajstić information content (AvgIpc) is 3.61. The van der Waals surface area contributed by atoms with Gasteiger partial charge in [0.1, 0.15) is 13.2 Å². The number of carbonyl (C=O) groups is 1. The Hall–Kier alpha value is -3.86. The van der Waals surface area contributed by atoms with E-state index in [4.69, 9.17) is 9.26 Å². The highest BCUT2D eigenvalue weighted by Crippen LogP contribution is 2.32. The van der Waals surface area contributed by atoms with Crippen LogP contribution >= 0.6 is 0 Å². The van der Waals surface area contributed by atoms with Crippen molar-refractivity contribution in [1.82, 2.24) is 34.9 Å². The number of aliphatic hydroxyl groups excluding tert-OH is 1. The molecule has 182 valence electrons. The van der Waals surface area contributed by atoms with Gasteiger partial charge in [0.15, 0.2) is 17.1 Å². The minimum atomic E-state index is -0.270. The molecule has 0 unspecified atom stereocenters. The number of ether oxygens (including phenoxy) is 1. The normalized spacial score (nSPS) is 14.1. The molecule has 0 aliphatic carbocycles. The molecular formula is C24H27N7O4. The second kappa shape index (κ2) is 9.06. The molecule has 5 rings (SSSR count). The first-order valence-corrected chi connectivity index (χ1v) is 11.5. The molecule has 0 spiro atoms. The second-order valence-electron chi connectivity index (χ2n) is 9.57. The number of nitrogens with zero attached hydrogens (tertiary/aromatic N) is 7. The van der Waals surface area contributed by atoms with E-state index in [1.54, 1.807) is 24.4 Å². The molecule has 1 fully saturated rings. The first-order valence-electron chi connectivity index (χ1n) is 11.5. The van der Waals surface area contributed by atoms with Gasteiger partial charge in [-0.05, 0) is 36.5 Å². The molecule has 0 bridgehead atoms. The van der Waals surface area contributed by atoms with Crippen LogP contribution in [0, 0.1) is 0 Å². The zero-order chi connectivity index (χ0) is 24.6. The molecule has 0 saturated carbocycles. The van der Waals surface area contributed by atoms with Gasteiger partial charge >= 0.3 is 0 Å². The Balaban J connectivity index is 1.41. The van der Waals surface area contributed by atoms with Gasteiger partial charge in [0.05, 0.1) is 11.3 Å². The van der Waals surface area contributed by atoms with Crippen LogP contribution in [0.2, 0.25) is 0 Å². The van der Waals surface area contributed by atoms with Crippen molar-refractivity contribution < 1.29 is 19.2 Å². The molecule has 0 radical (unpaired) electrons. The summed E-state index contributed by atoms with van der Waals surface area (Å²) in [5, 5.41) is 26.3. The molecule has 1 aliphatic rings. The van der Waals surface area contributed by atoms with E-state index in [1.807, 2.05) is 11.0 Å². The topological polar surface area (TPSA) is 132 Å². The van der Waals surface area contributed by atoms with E-state index in [1.165, 1.54) is 4.52 Å². The molecule has 11 nitrogen and oxygen atoms in total. The number of hydrogen-bond donors (Lipinski definition) is 1. The Kier molecular flexibility index (Phi) is 5.93. The standard InChI is InChI=1S/C24H27N7O4/c1-24(2,3)18-11-20-26-27-21(19-10-17(13-32)35-29-19)31(20)28-22(18)34-14-16-7-6-15(12-25-16)23(33)30-8-4-5-9-30/h6-7,10-12,32H,4-5,8-9,13-14H2,1-3H3. The molecule has 35 heavy (non-hydrogen) atoms. The third kappa shape index (κ3) is 4.59. The summed E-state index contributed by atoms with van der Waals surface area (Å²) in [6.45, 7) is 7.69. The fourth-order valence-electron chi connectivity index (χ4n) is 3.99. The molecule has 0 atom stereocenters. The number of aliphatic hydroxyl groups is 1. The van der Waals surface area contributed by atoms with Crippen LogP contribution in [0.5, 0.6) is 5.88 Å². The molecular weight excluding hydrogens is 450 g/mol. The minimum Gasteiger partial charge on any atom is -0.470 e. The molecule has 5 heterocycles. The number of carbonyl (C=O) groups excluding carboxylic acids is 1. The van der Waals surface area contributed by atoms with Gasteiger partial charge in [-0.3, -0.25) is 9.78 Å². The van der Waals surface area contributed by atoms with E-state index in [0.717, 1.165) is 31.5 Å². The fraction of sp³-hybridized carbons (Fsp3) is 0.417. The number of aromatic nitrogens is 6. The van der Waals surface area contributed by atoms with Crippen LogP contribution in [0.25, 0.3) is 17.2 Å². The summed E-state index contributed by atoms with van der Waals surface area (Å²) >= 11 is 0. The quantitative estimate of drug-likeness (QED) is 0.445. The number of amides is 1. The van der Waals surface area contributed by atoms with Crippen molar-refractivity contribution >= 4 is 11.6 Å². The number of likely N-dealkylation sites (tertiary alicyclic amines) is 1. The maximum atomic E-state index is 12.6. The Morgan fingerprint density at radius 3 is 2.63 bits per heavy atom. The van der Waals surface area contributed by atoms with Crippen LogP contribution in [-0.4, -0.2) is 59.0 Å². The Bertz CT molecular complexity index is 1350. The van der Waals surface area contributed by atoms with Crippen molar-refractivity contribution in [3.63, 3.8) is 0 Å². The van der Waals surface area contributed by atoms with E-state index >= 15 is 0 Å². The van der Waals surface area contributed by atoms with E-state index in [-0.39, 0.29) is 24.5 Å². The summed E-state index contributed by atoms with van der Waals surface area (Å²) in [6, 6.07) is 7.06.